The van der Waals surface area contributed by atoms with Crippen LogP contribution in [0.2, 0.25) is 0 Å². The molecule has 1 aliphatic rings. The number of hydrogen-bond donors (Lipinski definition) is 0. The number of alkyl halides is 3. The minimum atomic E-state index is -4.38. The summed E-state index contributed by atoms with van der Waals surface area (Å²) < 4.78 is 45.7. The minimum absolute atomic E-state index is 0.295. The summed E-state index contributed by atoms with van der Waals surface area (Å²) in [6.45, 7) is 3.95. The Bertz CT molecular complexity index is 1290. The Kier molecular flexibility index (Phi) is 6.09. The second-order valence-corrected chi connectivity index (χ2v) is 9.17. The van der Waals surface area contributed by atoms with Crippen LogP contribution >= 0.6 is 11.3 Å². The Hall–Kier alpha value is -3.24. The number of likely N-dealkylation sites (N-methyl/N-ethyl adjacent to an activating group) is 1. The van der Waals surface area contributed by atoms with Crippen LogP contribution in [-0.2, 0) is 6.18 Å². The molecule has 0 spiro atoms. The van der Waals surface area contributed by atoms with Crippen LogP contribution in [0.1, 0.15) is 12.0 Å². The Morgan fingerprint density at radius 1 is 0.971 bits per heavy atom. The SMILES string of the molecule is CN1CCCN(c2nc3c(Oc4cc(-c5ccc(C(F)(F)F)cc5)ncn4)cccc3s2)CC1. The highest BCUT2D eigenvalue weighted by Crippen LogP contribution is 2.37. The average molecular weight is 486 g/mol. The fraction of sp³-hybridized carbons (Fsp3) is 0.292. The van der Waals surface area contributed by atoms with E-state index in [9.17, 15) is 13.2 Å². The predicted octanol–water partition coefficient (Wildman–Crippen LogP) is 5.71. The van der Waals surface area contributed by atoms with Crippen LogP contribution in [0.15, 0.2) is 54.9 Å². The minimum Gasteiger partial charge on any atom is -0.437 e. The number of para-hydroxylation sites is 1. The molecule has 6 nitrogen and oxygen atoms in total. The van der Waals surface area contributed by atoms with Gasteiger partial charge in [0, 0.05) is 31.3 Å². The highest BCUT2D eigenvalue weighted by molar-refractivity contribution is 7.22. The lowest BCUT2D eigenvalue weighted by molar-refractivity contribution is -0.137. The summed E-state index contributed by atoms with van der Waals surface area (Å²) in [6.07, 6.45) is -1.96. The summed E-state index contributed by atoms with van der Waals surface area (Å²) in [6, 6.07) is 12.2. The molecule has 0 unspecified atom stereocenters. The van der Waals surface area contributed by atoms with Crippen molar-refractivity contribution in [2.45, 2.75) is 12.6 Å². The van der Waals surface area contributed by atoms with Gasteiger partial charge in [-0.3, -0.25) is 0 Å². The van der Waals surface area contributed by atoms with Gasteiger partial charge in [0.2, 0.25) is 5.88 Å². The quantitative estimate of drug-likeness (QED) is 0.369. The van der Waals surface area contributed by atoms with Gasteiger partial charge >= 0.3 is 6.18 Å². The highest BCUT2D eigenvalue weighted by atomic mass is 32.1. The Morgan fingerprint density at radius 3 is 2.59 bits per heavy atom. The maximum Gasteiger partial charge on any atom is 0.416 e. The van der Waals surface area contributed by atoms with E-state index in [1.165, 1.54) is 18.5 Å². The van der Waals surface area contributed by atoms with Crippen LogP contribution in [0.4, 0.5) is 18.3 Å². The molecule has 4 aromatic rings. The zero-order valence-corrected chi connectivity index (χ0v) is 19.2. The lowest BCUT2D eigenvalue weighted by Crippen LogP contribution is -2.28. The molecule has 3 heterocycles. The van der Waals surface area contributed by atoms with Gasteiger partial charge in [0.05, 0.1) is 16.0 Å². The van der Waals surface area contributed by atoms with E-state index in [1.807, 2.05) is 18.2 Å². The van der Waals surface area contributed by atoms with Crippen LogP contribution in [0.25, 0.3) is 21.5 Å². The van der Waals surface area contributed by atoms with Gasteiger partial charge in [-0.05, 0) is 44.3 Å². The van der Waals surface area contributed by atoms with Crippen molar-refractivity contribution in [3.8, 4) is 22.9 Å². The number of rotatable bonds is 4. The topological polar surface area (TPSA) is 54.4 Å². The molecule has 1 aliphatic heterocycles. The fourth-order valence-corrected chi connectivity index (χ4v) is 4.90. The predicted molar refractivity (Wildman–Crippen MR) is 126 cm³/mol. The Balaban J connectivity index is 1.40. The van der Waals surface area contributed by atoms with Crippen molar-refractivity contribution in [3.05, 3.63) is 60.4 Å². The number of benzene rings is 2. The number of fused-ring (bicyclic) bond motifs is 1. The maximum atomic E-state index is 12.9. The molecule has 2 aromatic heterocycles. The number of nitrogens with zero attached hydrogens (tertiary/aromatic N) is 5. The summed E-state index contributed by atoms with van der Waals surface area (Å²) in [5.41, 5.74) is 1.07. The van der Waals surface area contributed by atoms with E-state index in [1.54, 1.807) is 17.4 Å². The van der Waals surface area contributed by atoms with Gasteiger partial charge in [-0.2, -0.15) is 13.2 Å². The highest BCUT2D eigenvalue weighted by Gasteiger charge is 2.30. The number of thiazole rings is 1. The molecule has 0 aliphatic carbocycles. The lowest BCUT2D eigenvalue weighted by Gasteiger charge is -2.18. The molecule has 0 N–H and O–H groups in total. The van der Waals surface area contributed by atoms with Crippen molar-refractivity contribution in [3.63, 3.8) is 0 Å². The Morgan fingerprint density at radius 2 is 1.79 bits per heavy atom. The number of hydrogen-bond acceptors (Lipinski definition) is 7. The van der Waals surface area contributed by atoms with Crippen LogP contribution < -0.4 is 9.64 Å². The molecule has 2 aromatic carbocycles. The van der Waals surface area contributed by atoms with Crippen molar-refractivity contribution in [2.75, 3.05) is 38.1 Å². The zero-order valence-electron chi connectivity index (χ0n) is 18.4. The normalized spacial score (nSPS) is 15.5. The summed E-state index contributed by atoms with van der Waals surface area (Å²) in [5, 5.41) is 0.967. The van der Waals surface area contributed by atoms with Gasteiger partial charge in [-0.25, -0.2) is 15.0 Å². The summed E-state index contributed by atoms with van der Waals surface area (Å²) in [4.78, 5) is 17.9. The monoisotopic (exact) mass is 485 g/mol. The van der Waals surface area contributed by atoms with Gasteiger partial charge in [0.1, 0.15) is 11.8 Å². The molecule has 176 valence electrons. The molecular weight excluding hydrogens is 463 g/mol. The molecular formula is C24H22F3N5OS. The van der Waals surface area contributed by atoms with Gasteiger partial charge in [-0.15, -0.1) is 0 Å². The van der Waals surface area contributed by atoms with Crippen molar-refractivity contribution in [1.29, 1.82) is 0 Å². The van der Waals surface area contributed by atoms with Gasteiger partial charge < -0.3 is 14.5 Å². The second-order valence-electron chi connectivity index (χ2n) is 8.16. The average Bonchev–Trinajstić information content (AvgIpc) is 3.15. The van der Waals surface area contributed by atoms with Gasteiger partial charge in [-0.1, -0.05) is 29.5 Å². The van der Waals surface area contributed by atoms with Crippen LogP contribution in [0.3, 0.4) is 0 Å². The number of anilines is 1. The largest absolute Gasteiger partial charge is 0.437 e. The van der Waals surface area contributed by atoms with Crippen LogP contribution in [0, 0.1) is 0 Å². The number of ether oxygens (including phenoxy) is 1. The van der Waals surface area contributed by atoms with Crippen molar-refractivity contribution < 1.29 is 17.9 Å². The molecule has 1 saturated heterocycles. The molecule has 0 radical (unpaired) electrons. The van der Waals surface area contributed by atoms with Crippen LogP contribution in [-0.4, -0.2) is 53.1 Å². The standard InChI is InChI=1S/C24H22F3N5OS/c1-31-10-3-11-32(13-12-31)23-30-22-19(4-2-5-20(22)34-23)33-21-14-18(28-15-29-21)16-6-8-17(9-7-16)24(25,26)27/h2,4-9,14-15H,3,10-13H2,1H3. The van der Waals surface area contributed by atoms with E-state index in [0.717, 1.165) is 60.1 Å². The molecule has 1 fully saturated rings. The Labute approximate surface area is 198 Å². The van der Waals surface area contributed by atoms with Gasteiger partial charge in [0.25, 0.3) is 0 Å². The number of aromatic nitrogens is 3. The first-order valence-electron chi connectivity index (χ1n) is 10.9. The third kappa shape index (κ3) is 4.83. The fourth-order valence-electron chi connectivity index (χ4n) is 3.86. The first-order valence-corrected chi connectivity index (χ1v) is 11.7. The van der Waals surface area contributed by atoms with Crippen molar-refractivity contribution in [1.82, 2.24) is 19.9 Å². The summed E-state index contributed by atoms with van der Waals surface area (Å²) in [5.74, 6) is 0.868. The third-order valence-electron chi connectivity index (χ3n) is 5.73. The second kappa shape index (κ2) is 9.19. The van der Waals surface area contributed by atoms with Crippen molar-refractivity contribution >= 4 is 26.7 Å². The molecule has 5 rings (SSSR count). The third-order valence-corrected chi connectivity index (χ3v) is 6.81. The molecule has 0 amide bonds. The summed E-state index contributed by atoms with van der Waals surface area (Å²) in [7, 11) is 2.13. The molecule has 0 atom stereocenters. The molecule has 0 bridgehead atoms. The lowest BCUT2D eigenvalue weighted by atomic mass is 10.1. The number of halogens is 3. The van der Waals surface area contributed by atoms with Gasteiger partial charge in [0.15, 0.2) is 10.9 Å². The first kappa shape index (κ1) is 22.5. The van der Waals surface area contributed by atoms with Crippen molar-refractivity contribution in [2.24, 2.45) is 0 Å². The van der Waals surface area contributed by atoms with Crippen LogP contribution in [0.5, 0.6) is 11.6 Å². The molecule has 34 heavy (non-hydrogen) atoms. The van der Waals surface area contributed by atoms with E-state index in [2.05, 4.69) is 26.8 Å². The maximum absolute atomic E-state index is 12.9. The smallest absolute Gasteiger partial charge is 0.416 e. The molecule has 0 saturated carbocycles. The first-order chi connectivity index (χ1) is 16.4. The summed E-state index contributed by atoms with van der Waals surface area (Å²) >= 11 is 1.63. The molecule has 10 heteroatoms. The van der Waals surface area contributed by atoms with E-state index >= 15 is 0 Å². The van der Waals surface area contributed by atoms with E-state index in [4.69, 9.17) is 9.72 Å². The van der Waals surface area contributed by atoms with E-state index < -0.39 is 11.7 Å². The van der Waals surface area contributed by atoms with E-state index in [-0.39, 0.29) is 0 Å². The van der Waals surface area contributed by atoms with E-state index in [0.29, 0.717) is 22.9 Å². The zero-order chi connectivity index (χ0) is 23.7.